The molecule has 0 aliphatic carbocycles. The summed E-state index contributed by atoms with van der Waals surface area (Å²) in [7, 11) is 2.02. The molecule has 1 N–H and O–H groups in total. The molecule has 1 heterocycles. The molecule has 0 aromatic carbocycles. The molecule has 0 radical (unpaired) electrons. The third kappa shape index (κ3) is 1.70. The van der Waals surface area contributed by atoms with Crippen LogP contribution in [0.25, 0.3) is 0 Å². The lowest BCUT2D eigenvalue weighted by Gasteiger charge is -2.33. The summed E-state index contributed by atoms with van der Waals surface area (Å²) in [6, 6.07) is 0. The van der Waals surface area contributed by atoms with Crippen molar-refractivity contribution < 1.29 is 4.74 Å². The summed E-state index contributed by atoms with van der Waals surface area (Å²) in [5.41, 5.74) is 0. The molecule has 1 fully saturated rings. The van der Waals surface area contributed by atoms with E-state index in [9.17, 15) is 0 Å². The van der Waals surface area contributed by atoms with Crippen LogP contribution >= 0.6 is 0 Å². The van der Waals surface area contributed by atoms with Gasteiger partial charge in [-0.2, -0.15) is 0 Å². The van der Waals surface area contributed by atoms with Gasteiger partial charge in [-0.25, -0.2) is 0 Å². The molecule has 0 aromatic heterocycles. The number of ether oxygens (including phenoxy) is 1. The van der Waals surface area contributed by atoms with Gasteiger partial charge in [0.2, 0.25) is 0 Å². The zero-order valence-corrected chi connectivity index (χ0v) is 6.89. The lowest BCUT2D eigenvalue weighted by Crippen LogP contribution is -2.38. The first-order valence-corrected chi connectivity index (χ1v) is 4.10. The van der Waals surface area contributed by atoms with Crippen molar-refractivity contribution in [3.8, 4) is 0 Å². The predicted molar refractivity (Wildman–Crippen MR) is 42.0 cm³/mol. The van der Waals surface area contributed by atoms with Crippen LogP contribution in [0.4, 0.5) is 0 Å². The highest BCUT2D eigenvalue weighted by molar-refractivity contribution is 4.75. The summed E-state index contributed by atoms with van der Waals surface area (Å²) in [6.07, 6.45) is 1.27. The molecule has 60 valence electrons. The fraction of sp³-hybridized carbons (Fsp3) is 1.00. The molecule has 0 spiro atoms. The maximum Gasteiger partial charge on any atom is 0.0519 e. The molecule has 0 amide bonds. The minimum atomic E-state index is 0.831. The Hall–Kier alpha value is -0.0800. The summed E-state index contributed by atoms with van der Waals surface area (Å²) >= 11 is 0. The first kappa shape index (κ1) is 8.02. The molecule has 1 rings (SSSR count). The van der Waals surface area contributed by atoms with Gasteiger partial charge in [0.15, 0.2) is 0 Å². The molecule has 0 bridgehead atoms. The quantitative estimate of drug-likeness (QED) is 0.630. The maximum atomic E-state index is 5.14. The van der Waals surface area contributed by atoms with E-state index in [0.29, 0.717) is 0 Å². The SMILES string of the molecule is CCC(CNC)C1COC1. The maximum absolute atomic E-state index is 5.14. The average Bonchev–Trinajstić information content (AvgIpc) is 1.83. The molecular weight excluding hydrogens is 126 g/mol. The van der Waals surface area contributed by atoms with Crippen LogP contribution in [0.2, 0.25) is 0 Å². The van der Waals surface area contributed by atoms with Crippen LogP contribution in [-0.2, 0) is 4.74 Å². The van der Waals surface area contributed by atoms with Gasteiger partial charge in [0.05, 0.1) is 13.2 Å². The van der Waals surface area contributed by atoms with E-state index < -0.39 is 0 Å². The van der Waals surface area contributed by atoms with Gasteiger partial charge in [-0.15, -0.1) is 0 Å². The van der Waals surface area contributed by atoms with E-state index in [4.69, 9.17) is 4.74 Å². The van der Waals surface area contributed by atoms with Crippen LogP contribution in [0.15, 0.2) is 0 Å². The largest absolute Gasteiger partial charge is 0.381 e. The van der Waals surface area contributed by atoms with E-state index in [2.05, 4.69) is 12.2 Å². The average molecular weight is 143 g/mol. The molecule has 1 aliphatic rings. The lowest BCUT2D eigenvalue weighted by molar-refractivity contribution is -0.0606. The first-order chi connectivity index (χ1) is 4.88. The highest BCUT2D eigenvalue weighted by atomic mass is 16.5. The van der Waals surface area contributed by atoms with Crippen molar-refractivity contribution >= 4 is 0 Å². The first-order valence-electron chi connectivity index (χ1n) is 4.10. The second kappa shape index (κ2) is 3.94. The van der Waals surface area contributed by atoms with Gasteiger partial charge in [-0.3, -0.25) is 0 Å². The molecule has 2 nitrogen and oxygen atoms in total. The van der Waals surface area contributed by atoms with Gasteiger partial charge >= 0.3 is 0 Å². The van der Waals surface area contributed by atoms with Gasteiger partial charge < -0.3 is 10.1 Å². The smallest absolute Gasteiger partial charge is 0.0519 e. The summed E-state index contributed by atoms with van der Waals surface area (Å²) in [6.45, 7) is 5.37. The van der Waals surface area contributed by atoms with Gasteiger partial charge in [0.25, 0.3) is 0 Å². The lowest BCUT2D eigenvalue weighted by atomic mass is 9.89. The number of rotatable bonds is 4. The minimum Gasteiger partial charge on any atom is -0.381 e. The van der Waals surface area contributed by atoms with E-state index in [1.165, 1.54) is 6.42 Å². The van der Waals surface area contributed by atoms with Crippen molar-refractivity contribution in [1.82, 2.24) is 5.32 Å². The van der Waals surface area contributed by atoms with E-state index in [0.717, 1.165) is 31.6 Å². The third-order valence-corrected chi connectivity index (χ3v) is 2.32. The van der Waals surface area contributed by atoms with Crippen molar-refractivity contribution in [2.24, 2.45) is 11.8 Å². The Labute approximate surface area is 63.0 Å². The number of hydrogen-bond acceptors (Lipinski definition) is 2. The van der Waals surface area contributed by atoms with Crippen LogP contribution in [0.5, 0.6) is 0 Å². The minimum absolute atomic E-state index is 0.831. The van der Waals surface area contributed by atoms with E-state index >= 15 is 0 Å². The number of hydrogen-bond donors (Lipinski definition) is 1. The molecule has 1 unspecified atom stereocenters. The van der Waals surface area contributed by atoms with Gasteiger partial charge in [0.1, 0.15) is 0 Å². The molecule has 0 saturated carbocycles. The second-order valence-electron chi connectivity index (χ2n) is 3.02. The van der Waals surface area contributed by atoms with Crippen LogP contribution in [0, 0.1) is 11.8 Å². The zero-order chi connectivity index (χ0) is 7.40. The molecule has 0 aromatic rings. The van der Waals surface area contributed by atoms with Crippen molar-refractivity contribution in [2.75, 3.05) is 26.8 Å². The molecule has 1 saturated heterocycles. The molecular formula is C8H17NO. The van der Waals surface area contributed by atoms with E-state index in [1.807, 2.05) is 7.05 Å². The Morgan fingerprint density at radius 2 is 2.30 bits per heavy atom. The van der Waals surface area contributed by atoms with Crippen LogP contribution in [0.1, 0.15) is 13.3 Å². The van der Waals surface area contributed by atoms with Crippen LogP contribution < -0.4 is 5.32 Å². The zero-order valence-electron chi connectivity index (χ0n) is 6.89. The van der Waals surface area contributed by atoms with E-state index in [-0.39, 0.29) is 0 Å². The molecule has 1 atom stereocenters. The normalized spacial score (nSPS) is 22.2. The molecule has 2 heteroatoms. The van der Waals surface area contributed by atoms with E-state index in [1.54, 1.807) is 0 Å². The van der Waals surface area contributed by atoms with Crippen LogP contribution in [0.3, 0.4) is 0 Å². The molecule has 1 aliphatic heterocycles. The van der Waals surface area contributed by atoms with Gasteiger partial charge in [-0.05, 0) is 19.5 Å². The Balaban J connectivity index is 2.17. The highest BCUT2D eigenvalue weighted by Crippen LogP contribution is 2.22. The Kier molecular flexibility index (Phi) is 3.16. The van der Waals surface area contributed by atoms with Crippen molar-refractivity contribution in [2.45, 2.75) is 13.3 Å². The van der Waals surface area contributed by atoms with Crippen molar-refractivity contribution in [3.05, 3.63) is 0 Å². The fourth-order valence-corrected chi connectivity index (χ4v) is 1.43. The molecule has 10 heavy (non-hydrogen) atoms. The fourth-order valence-electron chi connectivity index (χ4n) is 1.43. The monoisotopic (exact) mass is 143 g/mol. The van der Waals surface area contributed by atoms with Gasteiger partial charge in [-0.1, -0.05) is 13.3 Å². The Bertz CT molecular complexity index is 91.3. The summed E-state index contributed by atoms with van der Waals surface area (Å²) in [5, 5.41) is 3.21. The van der Waals surface area contributed by atoms with Crippen molar-refractivity contribution in [1.29, 1.82) is 0 Å². The number of nitrogens with one attached hydrogen (secondary N) is 1. The summed E-state index contributed by atoms with van der Waals surface area (Å²) in [4.78, 5) is 0. The third-order valence-electron chi connectivity index (χ3n) is 2.32. The summed E-state index contributed by atoms with van der Waals surface area (Å²) < 4.78 is 5.14. The Morgan fingerprint density at radius 1 is 1.60 bits per heavy atom. The Morgan fingerprint density at radius 3 is 2.60 bits per heavy atom. The highest BCUT2D eigenvalue weighted by Gasteiger charge is 2.25. The summed E-state index contributed by atoms with van der Waals surface area (Å²) in [5.74, 6) is 1.66. The predicted octanol–water partition coefficient (Wildman–Crippen LogP) is 0.878. The topological polar surface area (TPSA) is 21.3 Å². The second-order valence-corrected chi connectivity index (χ2v) is 3.02. The standard InChI is InChI=1S/C8H17NO/c1-3-7(4-9-2)8-5-10-6-8/h7-9H,3-6H2,1-2H3. The van der Waals surface area contributed by atoms with Crippen molar-refractivity contribution in [3.63, 3.8) is 0 Å². The van der Waals surface area contributed by atoms with Crippen LogP contribution in [-0.4, -0.2) is 26.8 Å². The van der Waals surface area contributed by atoms with Gasteiger partial charge in [0, 0.05) is 5.92 Å².